The molecule has 0 saturated carbocycles. The molecule has 0 aromatic carbocycles. The zero-order valence-corrected chi connectivity index (χ0v) is 11.9. The Labute approximate surface area is 116 Å². The van der Waals surface area contributed by atoms with Gasteiger partial charge in [0.25, 0.3) is 0 Å². The van der Waals surface area contributed by atoms with Gasteiger partial charge in [0.05, 0.1) is 0 Å². The average molecular weight is 292 g/mol. The molecular formula is C12H20O8. The van der Waals surface area contributed by atoms with Crippen LogP contribution < -0.4 is 0 Å². The molecule has 0 aliphatic carbocycles. The van der Waals surface area contributed by atoms with E-state index in [-0.39, 0.29) is 6.61 Å². The first-order chi connectivity index (χ1) is 9.40. The van der Waals surface area contributed by atoms with E-state index in [2.05, 4.69) is 0 Å². The van der Waals surface area contributed by atoms with Crippen molar-refractivity contribution < 1.29 is 38.4 Å². The van der Waals surface area contributed by atoms with Crippen molar-refractivity contribution in [1.82, 2.24) is 0 Å². The van der Waals surface area contributed by atoms with Gasteiger partial charge in [-0.3, -0.25) is 9.59 Å². The van der Waals surface area contributed by atoms with Gasteiger partial charge in [0.15, 0.2) is 12.4 Å². The summed E-state index contributed by atoms with van der Waals surface area (Å²) < 4.78 is 25.6. The summed E-state index contributed by atoms with van der Waals surface area (Å²) in [7, 11) is 2.82. The molecule has 1 aliphatic heterocycles. The lowest BCUT2D eigenvalue weighted by atomic mass is 9.98. The minimum absolute atomic E-state index is 0.0997. The molecule has 1 N–H and O–H groups in total. The van der Waals surface area contributed by atoms with E-state index in [9.17, 15) is 14.7 Å². The van der Waals surface area contributed by atoms with Crippen molar-refractivity contribution >= 4 is 11.9 Å². The largest absolute Gasteiger partial charge is 0.463 e. The molecule has 20 heavy (non-hydrogen) atoms. The van der Waals surface area contributed by atoms with Crippen molar-refractivity contribution in [1.29, 1.82) is 0 Å². The van der Waals surface area contributed by atoms with Crippen molar-refractivity contribution in [2.75, 3.05) is 20.8 Å². The second kappa shape index (κ2) is 7.53. The summed E-state index contributed by atoms with van der Waals surface area (Å²) in [6.07, 6.45) is -4.54. The fraction of sp³-hybridized carbons (Fsp3) is 0.833. The Balaban J connectivity index is 2.83. The summed E-state index contributed by atoms with van der Waals surface area (Å²) in [5, 5.41) is 9.89. The molecule has 0 amide bonds. The molecule has 0 aromatic heterocycles. The molecule has 0 spiro atoms. The standard InChI is InChI=1S/C12H20O8/c1-6(13)18-5-8-9(16-3)10(17-4)11(12(15)20-8)19-7(2)14/h8-12,15H,5H2,1-4H3/t8-,9-,10+,11-,12?/m1/s1. The highest BCUT2D eigenvalue weighted by molar-refractivity contribution is 5.66. The summed E-state index contributed by atoms with van der Waals surface area (Å²) in [5.41, 5.74) is 0. The molecular weight excluding hydrogens is 272 g/mol. The SMILES string of the molecule is CO[C@H]1[C@H](OC)[C@@H](OC(C)=O)C(O)O[C@@H]1COC(C)=O. The van der Waals surface area contributed by atoms with Gasteiger partial charge >= 0.3 is 11.9 Å². The second-order valence-corrected chi connectivity index (χ2v) is 4.34. The number of methoxy groups -OCH3 is 2. The van der Waals surface area contributed by atoms with Crippen LogP contribution in [0.5, 0.6) is 0 Å². The molecule has 1 saturated heterocycles. The lowest BCUT2D eigenvalue weighted by Crippen LogP contribution is -2.61. The van der Waals surface area contributed by atoms with E-state index in [0.29, 0.717) is 0 Å². The van der Waals surface area contributed by atoms with Gasteiger partial charge in [0.2, 0.25) is 0 Å². The van der Waals surface area contributed by atoms with E-state index in [1.54, 1.807) is 0 Å². The van der Waals surface area contributed by atoms with Crippen LogP contribution in [0.3, 0.4) is 0 Å². The first-order valence-corrected chi connectivity index (χ1v) is 6.10. The Morgan fingerprint density at radius 1 is 1.05 bits per heavy atom. The maximum atomic E-state index is 11.1. The van der Waals surface area contributed by atoms with Crippen molar-refractivity contribution in [3.63, 3.8) is 0 Å². The van der Waals surface area contributed by atoms with Crippen LogP contribution in [-0.2, 0) is 33.3 Å². The van der Waals surface area contributed by atoms with Crippen LogP contribution in [0.2, 0.25) is 0 Å². The Hall–Kier alpha value is -1.22. The average Bonchev–Trinajstić information content (AvgIpc) is 2.37. The van der Waals surface area contributed by atoms with Crippen molar-refractivity contribution in [3.8, 4) is 0 Å². The fourth-order valence-corrected chi connectivity index (χ4v) is 2.10. The zero-order chi connectivity index (χ0) is 15.3. The number of hydrogen-bond acceptors (Lipinski definition) is 8. The minimum atomic E-state index is -1.39. The molecule has 1 unspecified atom stereocenters. The summed E-state index contributed by atoms with van der Waals surface area (Å²) in [6.45, 7) is 2.38. The van der Waals surface area contributed by atoms with Crippen molar-refractivity contribution in [3.05, 3.63) is 0 Å². The monoisotopic (exact) mass is 292 g/mol. The van der Waals surface area contributed by atoms with Gasteiger partial charge in [-0.05, 0) is 0 Å². The van der Waals surface area contributed by atoms with Crippen LogP contribution in [0.15, 0.2) is 0 Å². The molecule has 8 heteroatoms. The fourth-order valence-electron chi connectivity index (χ4n) is 2.10. The quantitative estimate of drug-likeness (QED) is 0.659. The molecule has 8 nitrogen and oxygen atoms in total. The van der Waals surface area contributed by atoms with Gasteiger partial charge in [-0.1, -0.05) is 0 Å². The van der Waals surface area contributed by atoms with Gasteiger partial charge in [-0.2, -0.15) is 0 Å². The minimum Gasteiger partial charge on any atom is -0.463 e. The number of rotatable bonds is 5. The molecule has 0 aromatic rings. The van der Waals surface area contributed by atoms with E-state index in [1.807, 2.05) is 0 Å². The van der Waals surface area contributed by atoms with Crippen LogP contribution in [0.1, 0.15) is 13.8 Å². The number of ether oxygens (including phenoxy) is 5. The van der Waals surface area contributed by atoms with Crippen LogP contribution in [0.25, 0.3) is 0 Å². The number of aliphatic hydroxyl groups is 1. The lowest BCUT2D eigenvalue weighted by Gasteiger charge is -2.42. The first-order valence-electron chi connectivity index (χ1n) is 6.10. The summed E-state index contributed by atoms with van der Waals surface area (Å²) in [6, 6.07) is 0. The van der Waals surface area contributed by atoms with Gasteiger partial charge in [-0.15, -0.1) is 0 Å². The second-order valence-electron chi connectivity index (χ2n) is 4.34. The number of carbonyl (C=O) groups is 2. The Morgan fingerprint density at radius 2 is 1.65 bits per heavy atom. The number of hydrogen-bond donors (Lipinski definition) is 1. The maximum absolute atomic E-state index is 11.1. The van der Waals surface area contributed by atoms with Gasteiger partial charge in [0.1, 0.15) is 24.9 Å². The third-order valence-electron chi connectivity index (χ3n) is 2.91. The van der Waals surface area contributed by atoms with E-state index < -0.39 is 42.6 Å². The lowest BCUT2D eigenvalue weighted by molar-refractivity contribution is -0.298. The molecule has 0 bridgehead atoms. The Bertz CT molecular complexity index is 344. The topological polar surface area (TPSA) is 101 Å². The third-order valence-corrected chi connectivity index (χ3v) is 2.91. The van der Waals surface area contributed by atoms with Gasteiger partial charge in [0, 0.05) is 28.1 Å². The number of aliphatic hydroxyl groups excluding tert-OH is 1. The normalized spacial score (nSPS) is 33.5. The highest BCUT2D eigenvalue weighted by atomic mass is 16.7. The Kier molecular flexibility index (Phi) is 6.34. The third kappa shape index (κ3) is 4.14. The molecule has 1 heterocycles. The highest BCUT2D eigenvalue weighted by Crippen LogP contribution is 2.26. The molecule has 0 radical (unpaired) electrons. The summed E-state index contributed by atoms with van der Waals surface area (Å²) in [4.78, 5) is 21.9. The maximum Gasteiger partial charge on any atom is 0.303 e. The van der Waals surface area contributed by atoms with Crippen LogP contribution in [0.4, 0.5) is 0 Å². The Morgan fingerprint density at radius 3 is 2.10 bits per heavy atom. The van der Waals surface area contributed by atoms with Crippen LogP contribution in [0, 0.1) is 0 Å². The van der Waals surface area contributed by atoms with Crippen LogP contribution in [-0.4, -0.2) is 68.6 Å². The molecule has 1 fully saturated rings. The molecule has 1 aliphatic rings. The van der Waals surface area contributed by atoms with E-state index in [4.69, 9.17) is 23.7 Å². The number of carbonyl (C=O) groups excluding carboxylic acids is 2. The summed E-state index contributed by atoms with van der Waals surface area (Å²) in [5.74, 6) is -1.05. The van der Waals surface area contributed by atoms with E-state index >= 15 is 0 Å². The highest BCUT2D eigenvalue weighted by Gasteiger charge is 2.48. The summed E-state index contributed by atoms with van der Waals surface area (Å²) >= 11 is 0. The van der Waals surface area contributed by atoms with Gasteiger partial charge < -0.3 is 28.8 Å². The van der Waals surface area contributed by atoms with Gasteiger partial charge in [-0.25, -0.2) is 0 Å². The molecule has 116 valence electrons. The predicted molar refractivity (Wildman–Crippen MR) is 64.7 cm³/mol. The first kappa shape index (κ1) is 16.8. The molecule has 1 rings (SSSR count). The van der Waals surface area contributed by atoms with Crippen molar-refractivity contribution in [2.45, 2.75) is 44.6 Å². The number of esters is 2. The van der Waals surface area contributed by atoms with Crippen LogP contribution >= 0.6 is 0 Å². The smallest absolute Gasteiger partial charge is 0.303 e. The molecule has 5 atom stereocenters. The zero-order valence-electron chi connectivity index (χ0n) is 11.9. The van der Waals surface area contributed by atoms with E-state index in [0.717, 1.165) is 0 Å². The predicted octanol–water partition coefficient (Wildman–Crippen LogP) is -0.772. The van der Waals surface area contributed by atoms with E-state index in [1.165, 1.54) is 28.1 Å². The van der Waals surface area contributed by atoms with Crippen molar-refractivity contribution in [2.24, 2.45) is 0 Å².